The Kier molecular flexibility index (Phi) is 3.04. The lowest BCUT2D eigenvalue weighted by Gasteiger charge is -2.09. The second-order valence-electron chi connectivity index (χ2n) is 5.06. The van der Waals surface area contributed by atoms with E-state index in [0.29, 0.717) is 11.5 Å². The average Bonchev–Trinajstić information content (AvgIpc) is 2.90. The largest absolute Gasteiger partial charge is 0.317 e. The van der Waals surface area contributed by atoms with Crippen LogP contribution in [-0.2, 0) is 0 Å². The van der Waals surface area contributed by atoms with Gasteiger partial charge in [-0.2, -0.15) is 5.26 Å². The number of rotatable bonds is 2. The molecule has 0 aliphatic rings. The molecule has 1 atom stereocenters. The summed E-state index contributed by atoms with van der Waals surface area (Å²) in [5.41, 5.74) is 4.15. The van der Waals surface area contributed by atoms with Crippen molar-refractivity contribution in [1.29, 1.82) is 5.26 Å². The zero-order valence-electron chi connectivity index (χ0n) is 11.4. The van der Waals surface area contributed by atoms with Crippen LogP contribution in [-0.4, -0.2) is 4.57 Å². The van der Waals surface area contributed by atoms with Crippen LogP contribution < -0.4 is 0 Å². The van der Waals surface area contributed by atoms with Gasteiger partial charge in [-0.25, -0.2) is 0 Å². The van der Waals surface area contributed by atoms with E-state index in [2.05, 4.69) is 48.7 Å². The number of hydrogen-bond acceptors (Lipinski definition) is 1. The topological polar surface area (TPSA) is 28.7 Å². The lowest BCUT2D eigenvalue weighted by molar-refractivity contribution is 0.961. The van der Waals surface area contributed by atoms with Gasteiger partial charge in [0.1, 0.15) is 0 Å². The molecule has 0 aliphatic carbocycles. The highest BCUT2D eigenvalue weighted by atomic mass is 15.0. The van der Waals surface area contributed by atoms with Crippen LogP contribution in [0.2, 0.25) is 0 Å². The van der Waals surface area contributed by atoms with E-state index in [1.165, 1.54) is 5.56 Å². The van der Waals surface area contributed by atoms with Crippen LogP contribution in [0.1, 0.15) is 24.0 Å². The molecule has 1 heterocycles. The number of benzene rings is 2. The molecule has 97 valence electrons. The Hall–Kier alpha value is -2.53. The summed E-state index contributed by atoms with van der Waals surface area (Å²) in [5.74, 6) is 0.295. The Morgan fingerprint density at radius 3 is 2.50 bits per heavy atom. The number of nitrogens with zero attached hydrogens (tertiary/aromatic N) is 2. The van der Waals surface area contributed by atoms with Crippen LogP contribution in [0.4, 0.5) is 0 Å². The van der Waals surface area contributed by atoms with Crippen molar-refractivity contribution in [2.75, 3.05) is 0 Å². The van der Waals surface area contributed by atoms with Gasteiger partial charge in [-0.1, -0.05) is 19.1 Å². The van der Waals surface area contributed by atoms with Gasteiger partial charge in [0.15, 0.2) is 0 Å². The van der Waals surface area contributed by atoms with Crippen molar-refractivity contribution in [3.8, 4) is 11.8 Å². The van der Waals surface area contributed by atoms with Gasteiger partial charge in [-0.15, -0.1) is 0 Å². The minimum Gasteiger partial charge on any atom is -0.317 e. The Bertz CT molecular complexity index is 786. The van der Waals surface area contributed by atoms with Gasteiger partial charge >= 0.3 is 0 Å². The SMILES string of the molecule is [CH2]C(C)c1ccc(-n2ccc3cc(C#N)ccc32)cc1. The lowest BCUT2D eigenvalue weighted by atomic mass is 10.0. The minimum atomic E-state index is 0.295. The standard InChI is InChI=1S/C18H15N2/c1-13(2)15-4-6-17(7-5-15)20-10-9-16-11-14(12-19)3-8-18(16)20/h3-11,13H,1H2,2H3. The molecule has 1 aromatic heterocycles. The van der Waals surface area contributed by atoms with Crippen molar-refractivity contribution in [3.63, 3.8) is 0 Å². The molecular weight excluding hydrogens is 244 g/mol. The third kappa shape index (κ3) is 2.08. The first-order chi connectivity index (χ1) is 9.69. The molecule has 0 aliphatic heterocycles. The zero-order valence-corrected chi connectivity index (χ0v) is 11.4. The molecule has 2 aromatic carbocycles. The number of hydrogen-bond donors (Lipinski definition) is 0. The third-order valence-electron chi connectivity index (χ3n) is 3.56. The fraction of sp³-hybridized carbons (Fsp3) is 0.111. The van der Waals surface area contributed by atoms with Crippen LogP contribution in [0, 0.1) is 18.3 Å². The quantitative estimate of drug-likeness (QED) is 0.668. The van der Waals surface area contributed by atoms with Crippen molar-refractivity contribution in [2.45, 2.75) is 12.8 Å². The van der Waals surface area contributed by atoms with E-state index in [1.54, 1.807) is 0 Å². The smallest absolute Gasteiger partial charge is 0.0991 e. The Balaban J connectivity index is 2.08. The fourth-order valence-electron chi connectivity index (χ4n) is 2.40. The van der Waals surface area contributed by atoms with E-state index >= 15 is 0 Å². The monoisotopic (exact) mass is 259 g/mol. The summed E-state index contributed by atoms with van der Waals surface area (Å²) in [7, 11) is 0. The highest BCUT2D eigenvalue weighted by Gasteiger charge is 2.05. The zero-order chi connectivity index (χ0) is 14.1. The maximum absolute atomic E-state index is 8.94. The second kappa shape index (κ2) is 4.86. The van der Waals surface area contributed by atoms with Gasteiger partial charge in [-0.3, -0.25) is 0 Å². The molecule has 2 heteroatoms. The predicted octanol–water partition coefficient (Wildman–Crippen LogP) is 4.44. The molecule has 3 aromatic rings. The molecule has 3 rings (SSSR count). The van der Waals surface area contributed by atoms with E-state index in [4.69, 9.17) is 5.26 Å². The minimum absolute atomic E-state index is 0.295. The second-order valence-corrected chi connectivity index (χ2v) is 5.06. The van der Waals surface area contributed by atoms with Crippen molar-refractivity contribution in [2.24, 2.45) is 0 Å². The third-order valence-corrected chi connectivity index (χ3v) is 3.56. The molecule has 0 spiro atoms. The van der Waals surface area contributed by atoms with Gasteiger partial charge in [-0.05, 0) is 54.8 Å². The summed E-state index contributed by atoms with van der Waals surface area (Å²) in [4.78, 5) is 0. The van der Waals surface area contributed by atoms with E-state index in [1.807, 2.05) is 30.5 Å². The van der Waals surface area contributed by atoms with Crippen LogP contribution in [0.3, 0.4) is 0 Å². The maximum atomic E-state index is 8.94. The van der Waals surface area contributed by atoms with Gasteiger partial charge in [0.05, 0.1) is 17.1 Å². The molecule has 2 nitrogen and oxygen atoms in total. The first-order valence-corrected chi connectivity index (χ1v) is 6.63. The molecule has 0 amide bonds. The summed E-state index contributed by atoms with van der Waals surface area (Å²) in [6.07, 6.45) is 2.04. The Morgan fingerprint density at radius 2 is 1.85 bits per heavy atom. The molecule has 20 heavy (non-hydrogen) atoms. The number of fused-ring (bicyclic) bond motifs is 1. The first-order valence-electron chi connectivity index (χ1n) is 6.63. The maximum Gasteiger partial charge on any atom is 0.0991 e. The van der Waals surface area contributed by atoms with Crippen molar-refractivity contribution >= 4 is 10.9 Å². The summed E-state index contributed by atoms with van der Waals surface area (Å²) < 4.78 is 2.13. The van der Waals surface area contributed by atoms with Crippen LogP contribution in [0.25, 0.3) is 16.6 Å². The van der Waals surface area contributed by atoms with Gasteiger partial charge in [0.2, 0.25) is 0 Å². The van der Waals surface area contributed by atoms with Gasteiger partial charge in [0, 0.05) is 17.3 Å². The molecule has 1 unspecified atom stereocenters. The molecule has 0 saturated heterocycles. The highest BCUT2D eigenvalue weighted by Crippen LogP contribution is 2.23. The molecule has 0 fully saturated rings. The predicted molar refractivity (Wildman–Crippen MR) is 81.8 cm³/mol. The van der Waals surface area contributed by atoms with Gasteiger partial charge < -0.3 is 4.57 Å². The van der Waals surface area contributed by atoms with Crippen molar-refractivity contribution < 1.29 is 0 Å². The Morgan fingerprint density at radius 1 is 1.10 bits per heavy atom. The van der Waals surface area contributed by atoms with E-state index in [0.717, 1.165) is 16.6 Å². The summed E-state index contributed by atoms with van der Waals surface area (Å²) in [6, 6.07) is 18.4. The average molecular weight is 259 g/mol. The van der Waals surface area contributed by atoms with E-state index < -0.39 is 0 Å². The lowest BCUT2D eigenvalue weighted by Crippen LogP contribution is -1.93. The summed E-state index contributed by atoms with van der Waals surface area (Å²) in [5, 5.41) is 10.0. The molecule has 0 saturated carbocycles. The molecule has 1 radical (unpaired) electrons. The van der Waals surface area contributed by atoms with E-state index in [-0.39, 0.29) is 0 Å². The molecule has 0 N–H and O–H groups in total. The fourth-order valence-corrected chi connectivity index (χ4v) is 2.40. The van der Waals surface area contributed by atoms with Crippen molar-refractivity contribution in [3.05, 3.63) is 72.8 Å². The van der Waals surface area contributed by atoms with Crippen LogP contribution in [0.15, 0.2) is 54.7 Å². The van der Waals surface area contributed by atoms with Crippen LogP contribution in [0.5, 0.6) is 0 Å². The highest BCUT2D eigenvalue weighted by molar-refractivity contribution is 5.83. The van der Waals surface area contributed by atoms with E-state index in [9.17, 15) is 0 Å². The Labute approximate surface area is 118 Å². The molecule has 0 bridgehead atoms. The number of nitriles is 1. The first kappa shape index (κ1) is 12.5. The van der Waals surface area contributed by atoms with Gasteiger partial charge in [0.25, 0.3) is 0 Å². The van der Waals surface area contributed by atoms with Crippen LogP contribution >= 0.6 is 0 Å². The number of aromatic nitrogens is 1. The summed E-state index contributed by atoms with van der Waals surface area (Å²) in [6.45, 7) is 6.12. The van der Waals surface area contributed by atoms with Crippen molar-refractivity contribution in [1.82, 2.24) is 4.57 Å². The molecular formula is C18H15N2. The summed E-state index contributed by atoms with van der Waals surface area (Å²) >= 11 is 0. The normalized spacial score (nSPS) is 10.9.